The Labute approximate surface area is 90.4 Å². The third-order valence-electron chi connectivity index (χ3n) is 3.03. The molecule has 2 rings (SSSR count). The Morgan fingerprint density at radius 2 is 2.40 bits per heavy atom. The van der Waals surface area contributed by atoms with Gasteiger partial charge in [-0.3, -0.25) is 9.59 Å². The van der Waals surface area contributed by atoms with Gasteiger partial charge >= 0.3 is 5.97 Å². The number of carbonyl (C=O) groups is 2. The first-order valence-corrected chi connectivity index (χ1v) is 5.50. The zero-order valence-electron chi connectivity index (χ0n) is 7.92. The highest BCUT2D eigenvalue weighted by molar-refractivity contribution is 8.00. The quantitative estimate of drug-likeness (QED) is 0.508. The largest absolute Gasteiger partial charge is 0.481 e. The van der Waals surface area contributed by atoms with Crippen LogP contribution in [0.2, 0.25) is 0 Å². The fourth-order valence-corrected chi connectivity index (χ4v) is 3.25. The number of hydrogen-bond donors (Lipinski definition) is 3. The van der Waals surface area contributed by atoms with Crippen molar-refractivity contribution in [3.8, 4) is 0 Å². The molecule has 0 aromatic heterocycles. The van der Waals surface area contributed by atoms with Crippen molar-refractivity contribution in [1.82, 2.24) is 4.90 Å². The van der Waals surface area contributed by atoms with E-state index in [0.717, 1.165) is 0 Å². The SMILES string of the molecule is NC1S[C@@H]2CC(=O)N2CC1(CO)C(=O)O. The minimum absolute atomic E-state index is 0.00785. The summed E-state index contributed by atoms with van der Waals surface area (Å²) in [5, 5.41) is 17.6. The Morgan fingerprint density at radius 1 is 1.73 bits per heavy atom. The van der Waals surface area contributed by atoms with Crippen molar-refractivity contribution < 1.29 is 19.8 Å². The molecule has 3 atom stereocenters. The first kappa shape index (κ1) is 10.7. The Bertz CT molecular complexity index is 324. The lowest BCUT2D eigenvalue weighted by Crippen LogP contribution is -2.67. The van der Waals surface area contributed by atoms with Gasteiger partial charge in [0.2, 0.25) is 5.91 Å². The molecule has 2 saturated heterocycles. The maximum atomic E-state index is 11.2. The molecule has 0 aromatic carbocycles. The molecule has 0 aromatic rings. The van der Waals surface area contributed by atoms with Gasteiger partial charge in [-0.25, -0.2) is 0 Å². The van der Waals surface area contributed by atoms with Gasteiger partial charge in [0.25, 0.3) is 0 Å². The van der Waals surface area contributed by atoms with Gasteiger partial charge in [-0.05, 0) is 0 Å². The molecule has 0 saturated carbocycles. The Balaban J connectivity index is 2.24. The zero-order chi connectivity index (χ0) is 11.2. The highest BCUT2D eigenvalue weighted by Crippen LogP contribution is 2.44. The molecule has 6 nitrogen and oxygen atoms in total. The summed E-state index contributed by atoms with van der Waals surface area (Å²) < 4.78 is 0. The molecule has 0 bridgehead atoms. The third-order valence-corrected chi connectivity index (χ3v) is 4.51. The van der Waals surface area contributed by atoms with Gasteiger partial charge < -0.3 is 20.8 Å². The van der Waals surface area contributed by atoms with Crippen molar-refractivity contribution in [3.63, 3.8) is 0 Å². The van der Waals surface area contributed by atoms with E-state index >= 15 is 0 Å². The summed E-state index contributed by atoms with van der Waals surface area (Å²) in [7, 11) is 0. The van der Waals surface area contributed by atoms with Gasteiger partial charge in [0.15, 0.2) is 0 Å². The molecule has 2 fully saturated rings. The number of nitrogens with zero attached hydrogens (tertiary/aromatic N) is 1. The molecule has 7 heteroatoms. The predicted molar refractivity (Wildman–Crippen MR) is 52.8 cm³/mol. The average molecular weight is 232 g/mol. The van der Waals surface area contributed by atoms with Gasteiger partial charge in [-0.1, -0.05) is 0 Å². The highest BCUT2D eigenvalue weighted by atomic mass is 32.2. The Kier molecular flexibility index (Phi) is 2.40. The number of aliphatic hydroxyl groups excluding tert-OH is 1. The number of aliphatic hydroxyl groups is 1. The van der Waals surface area contributed by atoms with Crippen LogP contribution in [-0.2, 0) is 9.59 Å². The molecule has 0 spiro atoms. The number of carboxylic acid groups (broad SMARTS) is 1. The van der Waals surface area contributed by atoms with Crippen LogP contribution in [0.15, 0.2) is 0 Å². The number of nitrogens with two attached hydrogens (primary N) is 1. The van der Waals surface area contributed by atoms with E-state index in [1.165, 1.54) is 16.7 Å². The first-order valence-electron chi connectivity index (χ1n) is 4.56. The summed E-state index contributed by atoms with van der Waals surface area (Å²) in [6, 6.07) is 0. The van der Waals surface area contributed by atoms with Crippen LogP contribution in [-0.4, -0.2) is 50.9 Å². The maximum absolute atomic E-state index is 11.2. The minimum Gasteiger partial charge on any atom is -0.481 e. The van der Waals surface area contributed by atoms with Gasteiger partial charge in [-0.15, -0.1) is 11.8 Å². The van der Waals surface area contributed by atoms with Crippen LogP contribution < -0.4 is 5.73 Å². The molecule has 2 aliphatic rings. The summed E-state index contributed by atoms with van der Waals surface area (Å²) in [6.07, 6.45) is 0.416. The van der Waals surface area contributed by atoms with Crippen LogP contribution in [0.1, 0.15) is 6.42 Å². The number of amides is 1. The lowest BCUT2D eigenvalue weighted by molar-refractivity contribution is -0.159. The molecule has 4 N–H and O–H groups in total. The van der Waals surface area contributed by atoms with Crippen molar-refractivity contribution in [3.05, 3.63) is 0 Å². The van der Waals surface area contributed by atoms with Crippen molar-refractivity contribution in [2.24, 2.45) is 11.1 Å². The van der Waals surface area contributed by atoms with E-state index in [9.17, 15) is 14.7 Å². The molecule has 2 unspecified atom stereocenters. The number of carbonyl (C=O) groups excluding carboxylic acids is 1. The van der Waals surface area contributed by atoms with E-state index < -0.39 is 23.4 Å². The van der Waals surface area contributed by atoms with Crippen molar-refractivity contribution in [2.45, 2.75) is 17.2 Å². The third kappa shape index (κ3) is 1.34. The number of rotatable bonds is 2. The smallest absolute Gasteiger partial charge is 0.316 e. The number of β-lactam (4-membered cyclic amide) rings is 1. The molecule has 15 heavy (non-hydrogen) atoms. The molecular weight excluding hydrogens is 220 g/mol. The summed E-state index contributed by atoms with van der Waals surface area (Å²) in [5.41, 5.74) is 4.32. The van der Waals surface area contributed by atoms with Crippen LogP contribution >= 0.6 is 11.8 Å². The van der Waals surface area contributed by atoms with Gasteiger partial charge in [-0.2, -0.15) is 0 Å². The van der Waals surface area contributed by atoms with Crippen molar-refractivity contribution in [2.75, 3.05) is 13.2 Å². The molecule has 2 heterocycles. The standard InChI is InChI=1S/C8H12N2O4S/c9-6-8(3-11,7(13)14)2-10-4(12)1-5(10)15-6/h5-6,11H,1-3,9H2,(H,13,14)/t5-,6?,8?/m1/s1. The van der Waals surface area contributed by atoms with Gasteiger partial charge in [0, 0.05) is 6.54 Å². The molecule has 0 radical (unpaired) electrons. The van der Waals surface area contributed by atoms with E-state index in [2.05, 4.69) is 0 Å². The summed E-state index contributed by atoms with van der Waals surface area (Å²) in [5.74, 6) is -1.22. The normalized spacial score (nSPS) is 39.6. The number of fused-ring (bicyclic) bond motifs is 1. The van der Waals surface area contributed by atoms with E-state index in [4.69, 9.17) is 10.8 Å². The summed E-state index contributed by atoms with van der Waals surface area (Å²) in [6.45, 7) is -0.538. The van der Waals surface area contributed by atoms with Gasteiger partial charge in [0.1, 0.15) is 5.41 Å². The lowest BCUT2D eigenvalue weighted by atomic mass is 9.86. The fraction of sp³-hybridized carbons (Fsp3) is 0.750. The number of thioether (sulfide) groups is 1. The van der Waals surface area contributed by atoms with Crippen LogP contribution in [0, 0.1) is 5.41 Å². The second-order valence-electron chi connectivity index (χ2n) is 3.86. The van der Waals surface area contributed by atoms with Crippen LogP contribution in [0.25, 0.3) is 0 Å². The predicted octanol–water partition coefficient (Wildman–Crippen LogP) is -1.36. The van der Waals surface area contributed by atoms with Crippen LogP contribution in [0.3, 0.4) is 0 Å². The molecular formula is C8H12N2O4S. The number of carboxylic acids is 1. The summed E-state index contributed by atoms with van der Waals surface area (Å²) >= 11 is 1.24. The maximum Gasteiger partial charge on any atom is 0.316 e. The average Bonchev–Trinajstić information content (AvgIpc) is 2.17. The first-order chi connectivity index (χ1) is 7.01. The Hall–Kier alpha value is -0.790. The van der Waals surface area contributed by atoms with Gasteiger partial charge in [0.05, 0.1) is 23.8 Å². The second-order valence-corrected chi connectivity index (χ2v) is 5.18. The molecule has 1 amide bonds. The monoisotopic (exact) mass is 232 g/mol. The minimum atomic E-state index is -1.42. The van der Waals surface area contributed by atoms with E-state index in [1.807, 2.05) is 0 Å². The van der Waals surface area contributed by atoms with Crippen LogP contribution in [0.4, 0.5) is 0 Å². The number of hydrogen-bond acceptors (Lipinski definition) is 5. The molecule has 2 aliphatic heterocycles. The van der Waals surface area contributed by atoms with E-state index in [-0.39, 0.29) is 17.8 Å². The molecule has 84 valence electrons. The van der Waals surface area contributed by atoms with Crippen molar-refractivity contribution in [1.29, 1.82) is 0 Å². The fourth-order valence-electron chi connectivity index (χ4n) is 1.83. The number of aliphatic carboxylic acids is 1. The Morgan fingerprint density at radius 3 is 2.87 bits per heavy atom. The topological polar surface area (TPSA) is 104 Å². The summed E-state index contributed by atoms with van der Waals surface area (Å²) in [4.78, 5) is 23.8. The highest BCUT2D eigenvalue weighted by Gasteiger charge is 2.56. The lowest BCUT2D eigenvalue weighted by Gasteiger charge is -2.51. The molecule has 0 aliphatic carbocycles. The van der Waals surface area contributed by atoms with E-state index in [1.54, 1.807) is 0 Å². The second kappa shape index (κ2) is 3.36. The zero-order valence-corrected chi connectivity index (χ0v) is 8.74. The van der Waals surface area contributed by atoms with E-state index in [0.29, 0.717) is 6.42 Å². The van der Waals surface area contributed by atoms with Crippen molar-refractivity contribution >= 4 is 23.6 Å². The van der Waals surface area contributed by atoms with Crippen LogP contribution in [0.5, 0.6) is 0 Å².